The highest BCUT2D eigenvalue weighted by Gasteiger charge is 2.21. The molecule has 0 spiro atoms. The Hall–Kier alpha value is -2.54. The summed E-state index contributed by atoms with van der Waals surface area (Å²) in [7, 11) is -2.16. The van der Waals surface area contributed by atoms with Crippen molar-refractivity contribution in [1.29, 1.82) is 0 Å². The van der Waals surface area contributed by atoms with Crippen LogP contribution in [0, 0.1) is 0 Å². The second-order valence-corrected chi connectivity index (χ2v) is 7.15. The summed E-state index contributed by atoms with van der Waals surface area (Å²) >= 11 is 0. The molecule has 0 bridgehead atoms. The van der Waals surface area contributed by atoms with Gasteiger partial charge >= 0.3 is 5.97 Å². The summed E-state index contributed by atoms with van der Waals surface area (Å²) < 4.78 is 34.9. The zero-order valence-corrected chi connectivity index (χ0v) is 14.4. The molecule has 6 nitrogen and oxygen atoms in total. The van der Waals surface area contributed by atoms with Crippen LogP contribution in [-0.2, 0) is 16.3 Å². The highest BCUT2D eigenvalue weighted by molar-refractivity contribution is 7.90. The molecule has 0 fully saturated rings. The van der Waals surface area contributed by atoms with Crippen LogP contribution in [0.1, 0.15) is 22.8 Å². The fourth-order valence-electron chi connectivity index (χ4n) is 2.25. The molecule has 128 valence electrons. The van der Waals surface area contributed by atoms with Crippen LogP contribution in [0.3, 0.4) is 0 Å². The van der Waals surface area contributed by atoms with Crippen molar-refractivity contribution in [3.63, 3.8) is 0 Å². The smallest absolute Gasteiger partial charge is 0.336 e. The van der Waals surface area contributed by atoms with Gasteiger partial charge in [0.25, 0.3) is 0 Å². The lowest BCUT2D eigenvalue weighted by Crippen LogP contribution is -2.08. The first-order chi connectivity index (χ1) is 11.3. The monoisotopic (exact) mass is 350 g/mol. The summed E-state index contributed by atoms with van der Waals surface area (Å²) in [6.07, 6.45) is 1.44. The topological polar surface area (TPSA) is 89.9 Å². The Morgan fingerprint density at radius 1 is 1.17 bits per heavy atom. The Morgan fingerprint density at radius 2 is 1.83 bits per heavy atom. The van der Waals surface area contributed by atoms with Gasteiger partial charge in [-0.2, -0.15) is 0 Å². The Kier molecular flexibility index (Phi) is 5.14. The van der Waals surface area contributed by atoms with Crippen molar-refractivity contribution in [3.05, 3.63) is 47.5 Å². The SMILES string of the molecule is CCc1cc(Oc2cccc(OC)c2)c(S(C)(=O)=O)cc1C(=O)O. The molecule has 0 aliphatic heterocycles. The Labute approximate surface area is 140 Å². The van der Waals surface area contributed by atoms with E-state index in [1.807, 2.05) is 0 Å². The van der Waals surface area contributed by atoms with Gasteiger partial charge in [-0.3, -0.25) is 0 Å². The number of ether oxygens (including phenoxy) is 2. The molecule has 0 saturated carbocycles. The van der Waals surface area contributed by atoms with E-state index in [-0.39, 0.29) is 16.2 Å². The number of methoxy groups -OCH3 is 1. The molecule has 0 amide bonds. The summed E-state index contributed by atoms with van der Waals surface area (Å²) in [5.41, 5.74) is 0.448. The number of carboxylic acids is 1. The first-order valence-corrected chi connectivity index (χ1v) is 9.07. The molecule has 7 heteroatoms. The molecule has 0 unspecified atom stereocenters. The second kappa shape index (κ2) is 6.92. The third kappa shape index (κ3) is 3.86. The van der Waals surface area contributed by atoms with Gasteiger partial charge in [-0.15, -0.1) is 0 Å². The number of aromatic carboxylic acids is 1. The summed E-state index contributed by atoms with van der Waals surface area (Å²) in [5.74, 6) is -0.132. The van der Waals surface area contributed by atoms with Crippen molar-refractivity contribution < 1.29 is 27.8 Å². The average molecular weight is 350 g/mol. The molecule has 0 aromatic heterocycles. The number of carbonyl (C=O) groups is 1. The number of rotatable bonds is 6. The molecular formula is C17H18O6S. The third-order valence-electron chi connectivity index (χ3n) is 3.45. The average Bonchev–Trinajstić information content (AvgIpc) is 2.53. The summed E-state index contributed by atoms with van der Waals surface area (Å²) in [6, 6.07) is 9.31. The van der Waals surface area contributed by atoms with Crippen LogP contribution in [0.5, 0.6) is 17.2 Å². The maximum Gasteiger partial charge on any atom is 0.336 e. The first kappa shape index (κ1) is 17.8. The van der Waals surface area contributed by atoms with Gasteiger partial charge in [0.15, 0.2) is 9.84 Å². The molecule has 2 rings (SSSR count). The van der Waals surface area contributed by atoms with Crippen molar-refractivity contribution in [2.75, 3.05) is 13.4 Å². The van der Waals surface area contributed by atoms with Gasteiger partial charge in [0.1, 0.15) is 22.1 Å². The first-order valence-electron chi connectivity index (χ1n) is 7.18. The summed E-state index contributed by atoms with van der Waals surface area (Å²) in [4.78, 5) is 11.2. The number of sulfone groups is 1. The van der Waals surface area contributed by atoms with Crippen molar-refractivity contribution in [3.8, 4) is 17.2 Å². The standard InChI is InChI=1S/C17H18O6S/c1-4-11-8-15(23-13-7-5-6-12(9-13)22-2)16(24(3,20)21)10-14(11)17(18)19/h5-10H,4H2,1-3H3,(H,18,19). The van der Waals surface area contributed by atoms with Crippen molar-refractivity contribution in [1.82, 2.24) is 0 Å². The van der Waals surface area contributed by atoms with E-state index in [0.717, 1.165) is 12.3 Å². The van der Waals surface area contributed by atoms with Gasteiger partial charge in [0, 0.05) is 12.3 Å². The molecular weight excluding hydrogens is 332 g/mol. The highest BCUT2D eigenvalue weighted by Crippen LogP contribution is 2.33. The lowest BCUT2D eigenvalue weighted by atomic mass is 10.0. The minimum absolute atomic E-state index is 0.0454. The fraction of sp³-hybridized carbons (Fsp3) is 0.235. The molecule has 2 aromatic rings. The Morgan fingerprint density at radius 3 is 2.38 bits per heavy atom. The number of hydrogen-bond donors (Lipinski definition) is 1. The lowest BCUT2D eigenvalue weighted by molar-refractivity contribution is 0.0695. The van der Waals surface area contributed by atoms with E-state index in [1.165, 1.54) is 13.2 Å². The van der Waals surface area contributed by atoms with Crippen molar-refractivity contribution in [2.24, 2.45) is 0 Å². The van der Waals surface area contributed by atoms with Crippen LogP contribution >= 0.6 is 0 Å². The number of benzene rings is 2. The van der Waals surface area contributed by atoms with Gasteiger partial charge < -0.3 is 14.6 Å². The number of carboxylic acid groups (broad SMARTS) is 1. The molecule has 0 heterocycles. The van der Waals surface area contributed by atoms with Crippen LogP contribution in [0.2, 0.25) is 0 Å². The quantitative estimate of drug-likeness (QED) is 0.861. The largest absolute Gasteiger partial charge is 0.497 e. The van der Waals surface area contributed by atoms with E-state index < -0.39 is 15.8 Å². The van der Waals surface area contributed by atoms with Crippen LogP contribution in [0.15, 0.2) is 41.3 Å². The zero-order chi connectivity index (χ0) is 17.9. The van der Waals surface area contributed by atoms with Gasteiger partial charge in [0.05, 0.1) is 12.7 Å². The molecule has 0 saturated heterocycles. The Bertz CT molecular complexity index is 871. The van der Waals surface area contributed by atoms with Crippen LogP contribution in [0.25, 0.3) is 0 Å². The van der Waals surface area contributed by atoms with Crippen molar-refractivity contribution >= 4 is 15.8 Å². The Balaban J connectivity index is 2.60. The van der Waals surface area contributed by atoms with Crippen LogP contribution in [0.4, 0.5) is 0 Å². The van der Waals surface area contributed by atoms with E-state index in [9.17, 15) is 18.3 Å². The summed E-state index contributed by atoms with van der Waals surface area (Å²) in [5, 5.41) is 9.28. The maximum absolute atomic E-state index is 12.0. The van der Waals surface area contributed by atoms with Crippen LogP contribution < -0.4 is 9.47 Å². The van der Waals surface area contributed by atoms with Gasteiger partial charge in [-0.05, 0) is 36.2 Å². The van der Waals surface area contributed by atoms with E-state index >= 15 is 0 Å². The molecule has 0 atom stereocenters. The molecule has 0 radical (unpaired) electrons. The van der Waals surface area contributed by atoms with E-state index in [2.05, 4.69) is 0 Å². The zero-order valence-electron chi connectivity index (χ0n) is 13.6. The molecule has 2 aromatic carbocycles. The van der Waals surface area contributed by atoms with Gasteiger partial charge in [0.2, 0.25) is 0 Å². The molecule has 1 N–H and O–H groups in total. The van der Waals surface area contributed by atoms with Crippen LogP contribution in [-0.4, -0.2) is 32.9 Å². The second-order valence-electron chi connectivity index (χ2n) is 5.17. The predicted molar refractivity (Wildman–Crippen MR) is 89.0 cm³/mol. The number of hydrogen-bond acceptors (Lipinski definition) is 5. The third-order valence-corrected chi connectivity index (χ3v) is 4.57. The van der Waals surface area contributed by atoms with Gasteiger partial charge in [-0.25, -0.2) is 13.2 Å². The number of aryl methyl sites for hydroxylation is 1. The highest BCUT2D eigenvalue weighted by atomic mass is 32.2. The minimum Gasteiger partial charge on any atom is -0.497 e. The molecule has 0 aliphatic rings. The van der Waals surface area contributed by atoms with E-state index in [0.29, 0.717) is 23.5 Å². The van der Waals surface area contributed by atoms with Crippen molar-refractivity contribution in [2.45, 2.75) is 18.2 Å². The normalized spacial score (nSPS) is 11.1. The van der Waals surface area contributed by atoms with E-state index in [1.54, 1.807) is 31.2 Å². The lowest BCUT2D eigenvalue weighted by Gasteiger charge is -2.14. The van der Waals surface area contributed by atoms with Gasteiger partial charge in [-0.1, -0.05) is 13.0 Å². The maximum atomic E-state index is 12.0. The fourth-order valence-corrected chi connectivity index (χ4v) is 3.05. The van der Waals surface area contributed by atoms with E-state index in [4.69, 9.17) is 9.47 Å². The molecule has 24 heavy (non-hydrogen) atoms. The molecule has 0 aliphatic carbocycles. The predicted octanol–water partition coefficient (Wildman–Crippen LogP) is 3.15. The summed E-state index contributed by atoms with van der Waals surface area (Å²) in [6.45, 7) is 1.79. The minimum atomic E-state index is -3.67.